The average molecular weight is 1320 g/mol. The Hall–Kier alpha value is -1.14. The first-order valence-corrected chi connectivity index (χ1v) is 42.5. The normalized spacial score (nSPS) is 37.5. The van der Waals surface area contributed by atoms with Gasteiger partial charge in [0.25, 0.3) is 0 Å². The second-order valence-corrected chi connectivity index (χ2v) is 46.1. The number of carbonyl (C=O) groups is 2. The van der Waals surface area contributed by atoms with Gasteiger partial charge in [-0.3, -0.25) is 4.79 Å². The van der Waals surface area contributed by atoms with Crippen molar-refractivity contribution in [3.63, 3.8) is 0 Å². The Balaban J connectivity index is 1.35. The van der Waals surface area contributed by atoms with Crippen LogP contribution in [0, 0.1) is 23.7 Å². The fourth-order valence-electron chi connectivity index (χ4n) is 12.9. The standard InChI is InChI=1S/C67H113IO12Si3/c1-21-42(2)35-56-45(5)52-38-47(69)37-49-30-32-54-59(73-49)61(79-82(17,18)65(9,10)11)62(80-83(19,20)66(12,13)14)60(76-54)55(78-81(15,16)64(6,7)8)33-29-48(74-63(71)46-25-23-22-24-26-46)27-28-51-40-67(41-68)58(72-51)34-31-50(77-67)36-43(3)44(4)53(70)39-57(52)75-56/h22-26,29,33,42-43,45,48-62,70H,4,21,27-28,30-32,34-41H2,1-3,5-20H3/b33-29+/t42-,43-,45-,48?,49-,50-,51+,52?,53-,54+,55+,56-,57+,58+,59+,60+,61+,62-,67-/m1/s1. The number of aliphatic hydroxyl groups is 1. The number of benzene rings is 1. The van der Waals surface area contributed by atoms with Crippen LogP contribution in [-0.2, 0) is 46.5 Å². The predicted molar refractivity (Wildman–Crippen MR) is 349 cm³/mol. The Morgan fingerprint density at radius 3 is 1.93 bits per heavy atom. The number of alkyl halides is 1. The Morgan fingerprint density at radius 2 is 1.33 bits per heavy atom. The van der Waals surface area contributed by atoms with Gasteiger partial charge in [0, 0.05) is 30.1 Å². The van der Waals surface area contributed by atoms with Gasteiger partial charge in [0.2, 0.25) is 0 Å². The van der Waals surface area contributed by atoms with Crippen molar-refractivity contribution < 1.29 is 56.4 Å². The molecule has 5 fully saturated rings. The Bertz CT molecular complexity index is 2350. The zero-order valence-electron chi connectivity index (χ0n) is 54.9. The molecule has 9 rings (SSSR count). The van der Waals surface area contributed by atoms with Crippen LogP contribution in [0.25, 0.3) is 0 Å². The molecule has 0 saturated carbocycles. The lowest BCUT2D eigenvalue weighted by molar-refractivity contribution is -0.266. The van der Waals surface area contributed by atoms with Gasteiger partial charge in [-0.25, -0.2) is 4.79 Å². The summed E-state index contributed by atoms with van der Waals surface area (Å²) in [6.45, 7) is 47.7. The van der Waals surface area contributed by atoms with Crippen molar-refractivity contribution in [1.82, 2.24) is 0 Å². The molecule has 0 radical (unpaired) electrons. The van der Waals surface area contributed by atoms with E-state index < -0.39 is 79.3 Å². The highest BCUT2D eigenvalue weighted by molar-refractivity contribution is 14.1. The van der Waals surface area contributed by atoms with Gasteiger partial charge in [0.1, 0.15) is 41.9 Å². The first kappa shape index (κ1) is 69.3. The molecule has 1 aromatic rings. The van der Waals surface area contributed by atoms with Gasteiger partial charge >= 0.3 is 5.97 Å². The molecule has 12 nitrogen and oxygen atoms in total. The molecule has 8 aliphatic rings. The first-order chi connectivity index (χ1) is 38.5. The van der Waals surface area contributed by atoms with E-state index >= 15 is 0 Å². The van der Waals surface area contributed by atoms with E-state index in [1.807, 2.05) is 24.3 Å². The van der Waals surface area contributed by atoms with Gasteiger partial charge in [-0.1, -0.05) is 150 Å². The number of carbonyl (C=O) groups excluding carboxylic acids is 2. The van der Waals surface area contributed by atoms with Crippen LogP contribution in [0.4, 0.5) is 0 Å². The molecule has 1 N–H and O–H groups in total. The van der Waals surface area contributed by atoms with Crippen LogP contribution in [0.3, 0.4) is 0 Å². The van der Waals surface area contributed by atoms with E-state index in [1.165, 1.54) is 0 Å². The number of hydrogen-bond donors (Lipinski definition) is 1. The molecule has 0 aromatic heterocycles. The Kier molecular flexibility index (Phi) is 23.0. The summed E-state index contributed by atoms with van der Waals surface area (Å²) < 4.78 is 66.8. The van der Waals surface area contributed by atoms with E-state index in [0.29, 0.717) is 50.0 Å². The molecule has 0 amide bonds. The number of hydrogen-bond acceptors (Lipinski definition) is 12. The van der Waals surface area contributed by atoms with Crippen LogP contribution in [0.15, 0.2) is 54.6 Å². The lowest BCUT2D eigenvalue weighted by Crippen LogP contribution is -2.69. The highest BCUT2D eigenvalue weighted by Gasteiger charge is 2.59. The maximum absolute atomic E-state index is 14.9. The molecule has 472 valence electrons. The lowest BCUT2D eigenvalue weighted by Gasteiger charge is -2.56. The van der Waals surface area contributed by atoms with Gasteiger partial charge in [0.15, 0.2) is 25.0 Å². The number of fused-ring (bicyclic) bond motifs is 2. The minimum absolute atomic E-state index is 0.00364. The molecule has 1 aromatic carbocycles. The van der Waals surface area contributed by atoms with Crippen molar-refractivity contribution in [1.29, 1.82) is 0 Å². The van der Waals surface area contributed by atoms with E-state index in [4.69, 9.17) is 41.7 Å². The third-order valence-corrected chi connectivity index (χ3v) is 36.5. The summed E-state index contributed by atoms with van der Waals surface area (Å²) in [5.41, 5.74) is 0.810. The molecule has 83 heavy (non-hydrogen) atoms. The van der Waals surface area contributed by atoms with Crippen molar-refractivity contribution in [3.8, 4) is 0 Å². The summed E-state index contributed by atoms with van der Waals surface area (Å²) in [5, 5.41) is 11.6. The van der Waals surface area contributed by atoms with Crippen molar-refractivity contribution in [2.24, 2.45) is 23.7 Å². The fourth-order valence-corrected chi connectivity index (χ4v) is 17.7. The highest BCUT2D eigenvalue weighted by Crippen LogP contribution is 2.50. The number of esters is 1. The van der Waals surface area contributed by atoms with Gasteiger partial charge in [-0.15, -0.1) is 0 Å². The van der Waals surface area contributed by atoms with Gasteiger partial charge in [-0.05, 0) is 153 Å². The highest BCUT2D eigenvalue weighted by atomic mass is 127. The van der Waals surface area contributed by atoms with Crippen LogP contribution in [0.1, 0.15) is 184 Å². The molecule has 19 atom stereocenters. The maximum Gasteiger partial charge on any atom is 0.338 e. The van der Waals surface area contributed by atoms with Gasteiger partial charge in [0.05, 0.1) is 60.5 Å². The number of halogens is 1. The van der Waals surface area contributed by atoms with Crippen LogP contribution in [0.2, 0.25) is 54.4 Å². The maximum atomic E-state index is 14.9. The quantitative estimate of drug-likeness (QED) is 0.0701. The largest absolute Gasteiger partial charge is 0.455 e. The van der Waals surface area contributed by atoms with E-state index in [0.717, 1.165) is 48.5 Å². The molecular weight excluding hydrogens is 1210 g/mol. The van der Waals surface area contributed by atoms with Crippen molar-refractivity contribution in [2.45, 2.75) is 319 Å². The topological polar surface area (TPSA) is 137 Å². The van der Waals surface area contributed by atoms with Gasteiger partial charge in [-0.2, -0.15) is 0 Å². The summed E-state index contributed by atoms with van der Waals surface area (Å²) in [6, 6.07) is 9.23. The Labute approximate surface area is 519 Å². The summed E-state index contributed by atoms with van der Waals surface area (Å²) in [5.74, 6) is 0.297. The second kappa shape index (κ2) is 27.5. The van der Waals surface area contributed by atoms with Crippen LogP contribution >= 0.6 is 22.6 Å². The van der Waals surface area contributed by atoms with E-state index in [1.54, 1.807) is 12.1 Å². The molecule has 16 heteroatoms. The molecule has 0 spiro atoms. The van der Waals surface area contributed by atoms with Gasteiger partial charge < -0.3 is 46.8 Å². The number of aliphatic hydroxyl groups excluding tert-OH is 1. The van der Waals surface area contributed by atoms with E-state index in [9.17, 15) is 14.7 Å². The van der Waals surface area contributed by atoms with E-state index in [2.05, 4.69) is 165 Å². The molecule has 8 heterocycles. The summed E-state index contributed by atoms with van der Waals surface area (Å²) in [7, 11) is -7.79. The molecule has 8 aliphatic heterocycles. The smallest absolute Gasteiger partial charge is 0.338 e. The van der Waals surface area contributed by atoms with Crippen LogP contribution in [-0.4, -0.2) is 137 Å². The summed E-state index contributed by atoms with van der Waals surface area (Å²) in [4.78, 5) is 29.1. The lowest BCUT2D eigenvalue weighted by atomic mass is 9.79. The molecule has 5 saturated heterocycles. The fraction of sp³-hybridized carbons (Fsp3) is 0.821. The SMILES string of the molecule is C=C1[C@H](C)C[C@H]2CC[C@@H]3O[C@@H](CCC(OC(=O)c4ccccc4)/C=C/[C@H](O[Si](C)(C)C(C)(C)C)[C@@H]4O[C@H]5CC[C@H](CC(=O)CC6[C@H](C[C@H]1O)O[C@H](C[C@H](C)CC)[C@@H]6C)O[C@@H]5[C@H](O[Si](C)(C)C(C)(C)C)[C@@H]4O[Si](C)(C)C(C)(C)C)C[C@]3(CI)O2. The minimum Gasteiger partial charge on any atom is -0.455 e. The number of ketones is 1. The third kappa shape index (κ3) is 16.6. The third-order valence-electron chi connectivity index (χ3n) is 21.8. The van der Waals surface area contributed by atoms with Crippen LogP contribution < -0.4 is 0 Å². The summed E-state index contributed by atoms with van der Waals surface area (Å²) >= 11 is 2.48. The molecular formula is C67H113IO12Si3. The van der Waals surface area contributed by atoms with Crippen LogP contribution in [0.5, 0.6) is 0 Å². The minimum atomic E-state index is -2.62. The van der Waals surface area contributed by atoms with Crippen molar-refractivity contribution in [2.75, 3.05) is 4.43 Å². The monoisotopic (exact) mass is 1320 g/mol. The molecule has 2 unspecified atom stereocenters. The molecule has 0 aliphatic carbocycles. The van der Waals surface area contributed by atoms with Crippen molar-refractivity contribution in [3.05, 3.63) is 60.2 Å². The van der Waals surface area contributed by atoms with E-state index in [-0.39, 0.29) is 87.8 Å². The molecule has 7 bridgehead atoms. The zero-order valence-corrected chi connectivity index (χ0v) is 60.0. The zero-order chi connectivity index (χ0) is 61.4. The Morgan fingerprint density at radius 1 is 0.735 bits per heavy atom. The number of ether oxygens (including phenoxy) is 6. The second-order valence-electron chi connectivity index (χ2n) is 31.1. The van der Waals surface area contributed by atoms with Crippen molar-refractivity contribution >= 4 is 59.3 Å². The number of Topliss-reactive ketones (excluding diaryl/α,β-unsaturated/α-hetero) is 1. The predicted octanol–water partition coefficient (Wildman–Crippen LogP) is 15.7. The number of rotatable bonds is 12. The summed E-state index contributed by atoms with van der Waals surface area (Å²) in [6.07, 6.45) is 7.20. The first-order valence-electron chi connectivity index (χ1n) is 32.2. The average Bonchev–Trinajstić information content (AvgIpc) is 3.86.